The van der Waals surface area contributed by atoms with Crippen molar-refractivity contribution in [2.24, 2.45) is 10.2 Å². The molecule has 27 heavy (non-hydrogen) atoms. The second kappa shape index (κ2) is 9.15. The lowest BCUT2D eigenvalue weighted by Crippen LogP contribution is -2.31. The van der Waals surface area contributed by atoms with Gasteiger partial charge in [0.05, 0.1) is 18.0 Å². The lowest BCUT2D eigenvalue weighted by atomic mass is 10.2. The van der Waals surface area contributed by atoms with Gasteiger partial charge in [0.1, 0.15) is 5.82 Å². The van der Waals surface area contributed by atoms with Crippen LogP contribution in [-0.4, -0.2) is 27.4 Å². The number of carbonyl (C=O) groups is 1. The van der Waals surface area contributed by atoms with Crippen molar-refractivity contribution in [2.45, 2.75) is 31.6 Å². The molecule has 0 aliphatic carbocycles. The van der Waals surface area contributed by atoms with E-state index in [1.165, 1.54) is 23.9 Å². The predicted octanol–water partition coefficient (Wildman–Crippen LogP) is 5.11. The molecule has 1 aliphatic heterocycles. The van der Waals surface area contributed by atoms with Gasteiger partial charge in [0.15, 0.2) is 5.17 Å². The maximum absolute atomic E-state index is 13.1. The molecule has 1 aliphatic rings. The normalized spacial score (nSPS) is 18.8. The van der Waals surface area contributed by atoms with Crippen LogP contribution in [0, 0.1) is 5.82 Å². The average Bonchev–Trinajstić information content (AvgIpc) is 2.94. The summed E-state index contributed by atoms with van der Waals surface area (Å²) in [6.45, 7) is 2.40. The molecular formula is C20H19ClFN3OS. The number of thioether (sulfide) groups is 1. The van der Waals surface area contributed by atoms with E-state index in [4.69, 9.17) is 11.6 Å². The van der Waals surface area contributed by atoms with E-state index in [0.29, 0.717) is 16.7 Å². The molecule has 1 amide bonds. The molecule has 140 valence electrons. The molecule has 0 spiro atoms. The summed E-state index contributed by atoms with van der Waals surface area (Å²) in [4.78, 5) is 14.4. The summed E-state index contributed by atoms with van der Waals surface area (Å²) in [7, 11) is 0. The third-order valence-corrected chi connectivity index (χ3v) is 5.53. The molecule has 1 saturated heterocycles. The Morgan fingerprint density at radius 3 is 2.56 bits per heavy atom. The first-order valence-electron chi connectivity index (χ1n) is 8.66. The van der Waals surface area contributed by atoms with Gasteiger partial charge in [-0.1, -0.05) is 61.0 Å². The summed E-state index contributed by atoms with van der Waals surface area (Å²) >= 11 is 7.30. The van der Waals surface area contributed by atoms with Crippen LogP contribution in [0.4, 0.5) is 4.39 Å². The Balaban J connectivity index is 1.79. The van der Waals surface area contributed by atoms with Crippen LogP contribution >= 0.6 is 23.4 Å². The molecule has 0 radical (unpaired) electrons. The van der Waals surface area contributed by atoms with Crippen molar-refractivity contribution in [3.8, 4) is 0 Å². The smallest absolute Gasteiger partial charge is 0.242 e. The maximum atomic E-state index is 13.1. The van der Waals surface area contributed by atoms with Crippen molar-refractivity contribution in [3.63, 3.8) is 0 Å². The number of amides is 1. The maximum Gasteiger partial charge on any atom is 0.242 e. The summed E-state index contributed by atoms with van der Waals surface area (Å²) < 4.78 is 13.1. The Morgan fingerprint density at radius 1 is 1.19 bits per heavy atom. The molecule has 7 heteroatoms. The summed E-state index contributed by atoms with van der Waals surface area (Å²) in [5.74, 6) is -0.280. The van der Waals surface area contributed by atoms with Gasteiger partial charge in [0.25, 0.3) is 0 Å². The highest BCUT2D eigenvalue weighted by Gasteiger charge is 2.37. The minimum absolute atomic E-state index is 0.0200. The number of carbonyl (C=O) groups excluding carboxylic acids is 1. The van der Waals surface area contributed by atoms with Crippen LogP contribution in [-0.2, 0) is 11.3 Å². The number of hydrogen-bond acceptors (Lipinski definition) is 4. The first kappa shape index (κ1) is 19.6. The van der Waals surface area contributed by atoms with Gasteiger partial charge in [-0.25, -0.2) is 4.39 Å². The second-order valence-electron chi connectivity index (χ2n) is 6.12. The first-order chi connectivity index (χ1) is 13.1. The molecule has 1 unspecified atom stereocenters. The van der Waals surface area contributed by atoms with E-state index in [-0.39, 0.29) is 17.0 Å². The van der Waals surface area contributed by atoms with Gasteiger partial charge in [0.2, 0.25) is 5.91 Å². The van der Waals surface area contributed by atoms with Crippen LogP contribution in [0.2, 0.25) is 5.02 Å². The Hall–Kier alpha value is -2.18. The topological polar surface area (TPSA) is 45.0 Å². The van der Waals surface area contributed by atoms with Gasteiger partial charge in [-0.3, -0.25) is 9.69 Å². The van der Waals surface area contributed by atoms with E-state index in [1.807, 2.05) is 19.1 Å². The molecule has 0 aromatic heterocycles. The fraction of sp³-hybridized carbons (Fsp3) is 0.250. The quantitative estimate of drug-likeness (QED) is 0.496. The minimum Gasteiger partial charge on any atom is -0.284 e. The van der Waals surface area contributed by atoms with E-state index in [0.717, 1.165) is 24.0 Å². The lowest BCUT2D eigenvalue weighted by molar-refractivity contribution is -0.126. The number of benzene rings is 2. The molecule has 2 aromatic carbocycles. The van der Waals surface area contributed by atoms with Crippen molar-refractivity contribution < 1.29 is 9.18 Å². The van der Waals surface area contributed by atoms with Crippen molar-refractivity contribution in [3.05, 3.63) is 70.5 Å². The minimum atomic E-state index is -0.300. The van der Waals surface area contributed by atoms with Crippen LogP contribution < -0.4 is 0 Å². The molecule has 4 nitrogen and oxygen atoms in total. The largest absolute Gasteiger partial charge is 0.284 e. The number of nitrogens with zero attached hydrogens (tertiary/aromatic N) is 3. The molecule has 1 atom stereocenters. The van der Waals surface area contributed by atoms with Gasteiger partial charge >= 0.3 is 0 Å². The number of halogens is 2. The second-order valence-corrected chi connectivity index (χ2v) is 7.73. The van der Waals surface area contributed by atoms with E-state index in [1.54, 1.807) is 35.4 Å². The highest BCUT2D eigenvalue weighted by molar-refractivity contribution is 8.15. The molecule has 3 rings (SSSR count). The molecule has 1 heterocycles. The Labute approximate surface area is 167 Å². The van der Waals surface area contributed by atoms with Crippen LogP contribution in [0.3, 0.4) is 0 Å². The van der Waals surface area contributed by atoms with E-state index in [2.05, 4.69) is 10.2 Å². The Kier molecular flexibility index (Phi) is 6.63. The summed E-state index contributed by atoms with van der Waals surface area (Å²) in [5, 5.41) is 9.47. The Morgan fingerprint density at radius 2 is 1.89 bits per heavy atom. The van der Waals surface area contributed by atoms with E-state index >= 15 is 0 Å². The summed E-state index contributed by atoms with van der Waals surface area (Å²) in [6.07, 6.45) is 3.32. The third kappa shape index (κ3) is 5.17. The highest BCUT2D eigenvalue weighted by atomic mass is 35.5. The van der Waals surface area contributed by atoms with Crippen molar-refractivity contribution >= 4 is 40.7 Å². The van der Waals surface area contributed by atoms with E-state index in [9.17, 15) is 9.18 Å². The summed E-state index contributed by atoms with van der Waals surface area (Å²) in [5.41, 5.74) is 1.71. The molecule has 1 fully saturated rings. The lowest BCUT2D eigenvalue weighted by Gasteiger charge is -2.15. The van der Waals surface area contributed by atoms with Gasteiger partial charge in [-0.05, 0) is 41.8 Å². The fourth-order valence-electron chi connectivity index (χ4n) is 2.64. The van der Waals surface area contributed by atoms with Crippen molar-refractivity contribution in [2.75, 3.05) is 0 Å². The third-order valence-electron chi connectivity index (χ3n) is 4.04. The number of hydrogen-bond donors (Lipinski definition) is 0. The number of amidine groups is 1. The molecule has 2 aromatic rings. The number of rotatable bonds is 6. The standard InChI is InChI=1S/C20H19ClFN3OS/c1-2-3-18-19(26)25(13-15-6-10-17(22)11-7-15)20(27-18)24-23-12-14-4-8-16(21)9-5-14/h4-12,18H,2-3,13H2,1H3/b23-12+,24-20-. The van der Waals surface area contributed by atoms with Gasteiger partial charge in [0, 0.05) is 5.02 Å². The van der Waals surface area contributed by atoms with Crippen LogP contribution in [0.15, 0.2) is 58.7 Å². The van der Waals surface area contributed by atoms with E-state index < -0.39 is 0 Å². The van der Waals surface area contributed by atoms with Gasteiger partial charge in [-0.15, -0.1) is 5.10 Å². The zero-order valence-electron chi connectivity index (χ0n) is 14.8. The van der Waals surface area contributed by atoms with Crippen LogP contribution in [0.25, 0.3) is 0 Å². The molecular weight excluding hydrogens is 385 g/mol. The molecule has 0 bridgehead atoms. The Bertz CT molecular complexity index is 853. The predicted molar refractivity (Wildman–Crippen MR) is 110 cm³/mol. The van der Waals surface area contributed by atoms with Gasteiger partial charge in [-0.2, -0.15) is 5.10 Å². The van der Waals surface area contributed by atoms with Crippen LogP contribution in [0.5, 0.6) is 0 Å². The van der Waals surface area contributed by atoms with Crippen molar-refractivity contribution in [1.82, 2.24) is 4.90 Å². The molecule has 0 N–H and O–H groups in total. The molecule has 0 saturated carbocycles. The SMILES string of the molecule is CCCC1S/C(=N\N=C\c2ccc(Cl)cc2)N(Cc2ccc(F)cc2)C1=O. The highest BCUT2D eigenvalue weighted by Crippen LogP contribution is 2.31. The zero-order chi connectivity index (χ0) is 19.2. The monoisotopic (exact) mass is 403 g/mol. The van der Waals surface area contributed by atoms with Crippen molar-refractivity contribution in [1.29, 1.82) is 0 Å². The zero-order valence-corrected chi connectivity index (χ0v) is 16.4. The summed E-state index contributed by atoms with van der Waals surface area (Å²) in [6, 6.07) is 13.4. The van der Waals surface area contributed by atoms with Crippen LogP contribution in [0.1, 0.15) is 30.9 Å². The average molecular weight is 404 g/mol. The first-order valence-corrected chi connectivity index (χ1v) is 9.91. The van der Waals surface area contributed by atoms with Gasteiger partial charge < -0.3 is 0 Å². The fourth-order valence-corrected chi connectivity index (χ4v) is 3.98.